The van der Waals surface area contributed by atoms with Crippen LogP contribution in [0.15, 0.2) is 17.0 Å². The third-order valence-corrected chi connectivity index (χ3v) is 5.80. The van der Waals surface area contributed by atoms with Crippen LogP contribution in [0.4, 0.5) is 5.69 Å². The molecule has 7 nitrogen and oxygen atoms in total. The lowest BCUT2D eigenvalue weighted by atomic mass is 10.1. The van der Waals surface area contributed by atoms with Crippen molar-refractivity contribution in [1.82, 2.24) is 10.2 Å². The van der Waals surface area contributed by atoms with Gasteiger partial charge in [-0.3, -0.25) is 9.69 Å². The van der Waals surface area contributed by atoms with E-state index < -0.39 is 69.1 Å². The zero-order valence-electron chi connectivity index (χ0n) is 21.2. The van der Waals surface area contributed by atoms with Crippen molar-refractivity contribution in [3.63, 3.8) is 0 Å². The highest BCUT2D eigenvalue weighted by Crippen LogP contribution is 2.29. The Morgan fingerprint density at radius 1 is 1.60 bits per heavy atom. The number of hydrogen-bond donors (Lipinski definition) is 2. The van der Waals surface area contributed by atoms with E-state index in [9.17, 15) is 13.2 Å². The number of amides is 1. The molecule has 1 aromatic rings. The second-order valence-corrected chi connectivity index (χ2v) is 7.83. The average molecular weight is 377 g/mol. The Morgan fingerprint density at radius 2 is 2.36 bits per heavy atom. The standard InChI is InChI=1S/C17H27N3O4S/c1-4-20-8-6-7-12(20)11-19-17(21)13-9-16(25(22,23)5-2)14(18)10-15(13)24-3/h9-10,12H,4-8,11,18H2,1-3H3,(H,19,21)/i1D3,4D2,9D,10D. The van der Waals surface area contributed by atoms with E-state index in [1.54, 1.807) is 0 Å². The van der Waals surface area contributed by atoms with E-state index in [1.807, 2.05) is 0 Å². The third-order valence-electron chi connectivity index (χ3n) is 4.10. The number of carbonyl (C=O) groups is 1. The number of ether oxygens (including phenoxy) is 1. The van der Waals surface area contributed by atoms with Crippen LogP contribution >= 0.6 is 0 Å². The van der Waals surface area contributed by atoms with Gasteiger partial charge in [0.05, 0.1) is 31.8 Å². The lowest BCUT2D eigenvalue weighted by molar-refractivity contribution is 0.0938. The number of nitrogen functional groups attached to an aromatic ring is 1. The molecule has 140 valence electrons. The number of sulfone groups is 1. The number of benzene rings is 1. The summed E-state index contributed by atoms with van der Waals surface area (Å²) in [7, 11) is -2.87. The van der Waals surface area contributed by atoms with E-state index in [-0.39, 0.29) is 18.8 Å². The van der Waals surface area contributed by atoms with Crippen LogP contribution in [-0.4, -0.2) is 57.7 Å². The number of rotatable bonds is 7. The van der Waals surface area contributed by atoms with Crippen LogP contribution in [0, 0.1) is 0 Å². The maximum Gasteiger partial charge on any atom is 0.255 e. The highest BCUT2D eigenvalue weighted by molar-refractivity contribution is 7.91. The van der Waals surface area contributed by atoms with Crippen molar-refractivity contribution < 1.29 is 27.5 Å². The van der Waals surface area contributed by atoms with Gasteiger partial charge in [0.15, 0.2) is 9.84 Å². The Kier molecular flexibility index (Phi) is 3.78. The van der Waals surface area contributed by atoms with E-state index in [0.29, 0.717) is 12.8 Å². The molecule has 0 aromatic heterocycles. The van der Waals surface area contributed by atoms with Crippen LogP contribution in [0.5, 0.6) is 5.75 Å². The van der Waals surface area contributed by atoms with Crippen molar-refractivity contribution in [1.29, 1.82) is 0 Å². The molecule has 0 saturated carbocycles. The maximum absolute atomic E-state index is 12.9. The number of anilines is 1. The fraction of sp³-hybridized carbons (Fsp3) is 0.588. The Hall–Kier alpha value is -1.80. The van der Waals surface area contributed by atoms with Crippen molar-refractivity contribution in [3.05, 3.63) is 17.6 Å². The van der Waals surface area contributed by atoms with E-state index >= 15 is 0 Å². The summed E-state index contributed by atoms with van der Waals surface area (Å²) in [6, 6.07) is -1.87. The van der Waals surface area contributed by atoms with Gasteiger partial charge in [0.1, 0.15) is 5.75 Å². The molecular weight excluding hydrogens is 342 g/mol. The number of likely N-dealkylation sites (N-methyl/N-ethyl adjacent to an activating group) is 1. The van der Waals surface area contributed by atoms with E-state index in [4.69, 9.17) is 20.1 Å². The first-order valence-corrected chi connectivity index (χ1v) is 9.51. The number of nitrogens with one attached hydrogen (secondary N) is 1. The highest BCUT2D eigenvalue weighted by atomic mass is 32.2. The Morgan fingerprint density at radius 3 is 3.00 bits per heavy atom. The van der Waals surface area contributed by atoms with Gasteiger partial charge in [0.25, 0.3) is 5.91 Å². The predicted molar refractivity (Wildman–Crippen MR) is 97.7 cm³/mol. The summed E-state index contributed by atoms with van der Waals surface area (Å²) < 4.78 is 84.7. The van der Waals surface area contributed by atoms with E-state index in [2.05, 4.69) is 5.32 Å². The lowest BCUT2D eigenvalue weighted by Crippen LogP contribution is -2.40. The zero-order chi connectivity index (χ0) is 24.6. The quantitative estimate of drug-likeness (QED) is 0.695. The molecule has 0 bridgehead atoms. The molecule has 0 spiro atoms. The van der Waals surface area contributed by atoms with Crippen molar-refractivity contribution in [2.24, 2.45) is 0 Å². The largest absolute Gasteiger partial charge is 0.496 e. The summed E-state index contributed by atoms with van der Waals surface area (Å²) in [6.07, 6.45) is 0.961. The summed E-state index contributed by atoms with van der Waals surface area (Å²) >= 11 is 0. The second-order valence-electron chi connectivity index (χ2n) is 5.62. The smallest absolute Gasteiger partial charge is 0.255 e. The molecule has 1 unspecified atom stereocenters. The molecule has 1 atom stereocenters. The predicted octanol–water partition coefficient (Wildman–Crippen LogP) is 1.29. The molecule has 1 aliphatic heterocycles. The minimum Gasteiger partial charge on any atom is -0.496 e. The number of methoxy groups -OCH3 is 1. The Labute approximate surface area is 159 Å². The highest BCUT2D eigenvalue weighted by Gasteiger charge is 2.25. The van der Waals surface area contributed by atoms with Gasteiger partial charge in [0, 0.05) is 25.5 Å². The van der Waals surface area contributed by atoms with Gasteiger partial charge in [-0.15, -0.1) is 0 Å². The maximum atomic E-state index is 12.9. The summed E-state index contributed by atoms with van der Waals surface area (Å²) in [5.41, 5.74) is 4.80. The molecule has 3 N–H and O–H groups in total. The minimum absolute atomic E-state index is 0.148. The average Bonchev–Trinajstić information content (AvgIpc) is 3.17. The topological polar surface area (TPSA) is 102 Å². The van der Waals surface area contributed by atoms with Crippen LogP contribution in [-0.2, 0) is 9.84 Å². The fourth-order valence-corrected chi connectivity index (χ4v) is 3.61. The van der Waals surface area contributed by atoms with Gasteiger partial charge in [-0.2, -0.15) is 0 Å². The summed E-state index contributed by atoms with van der Waals surface area (Å²) in [5, 5.41) is 2.50. The second kappa shape index (κ2) is 8.05. The molecule has 1 fully saturated rings. The first-order chi connectivity index (χ1) is 14.6. The molecule has 8 heteroatoms. The minimum atomic E-state index is -4.03. The van der Waals surface area contributed by atoms with E-state index in [1.165, 1.54) is 11.8 Å². The normalized spacial score (nSPS) is 23.4. The molecule has 1 saturated heterocycles. The van der Waals surface area contributed by atoms with Gasteiger partial charge >= 0.3 is 0 Å². The third kappa shape index (κ3) is 4.24. The molecule has 1 aromatic carbocycles. The van der Waals surface area contributed by atoms with Crippen LogP contribution in [0.25, 0.3) is 0 Å². The molecule has 0 radical (unpaired) electrons. The van der Waals surface area contributed by atoms with Gasteiger partial charge in [-0.25, -0.2) is 8.42 Å². The molecule has 25 heavy (non-hydrogen) atoms. The number of likely N-dealkylation sites (tertiary alicyclic amines) is 1. The Bertz CT molecular complexity index is 999. The van der Waals surface area contributed by atoms with Crippen LogP contribution < -0.4 is 15.8 Å². The molecule has 1 aliphatic rings. The number of nitrogens with two attached hydrogens (primary N) is 1. The summed E-state index contributed by atoms with van der Waals surface area (Å²) in [4.78, 5) is 13.5. The van der Waals surface area contributed by atoms with Crippen LogP contribution in [0.1, 0.15) is 46.6 Å². The van der Waals surface area contributed by atoms with Crippen molar-refractivity contribution >= 4 is 21.4 Å². The van der Waals surface area contributed by atoms with Crippen molar-refractivity contribution in [2.75, 3.05) is 38.2 Å². The number of carbonyl (C=O) groups excluding carboxylic acids is 1. The summed E-state index contributed by atoms with van der Waals surface area (Å²) in [6.45, 7) is -4.11. The van der Waals surface area contributed by atoms with Crippen LogP contribution in [0.2, 0.25) is 0 Å². The Balaban J connectivity index is 2.40. The monoisotopic (exact) mass is 376 g/mol. The molecule has 0 aliphatic carbocycles. The lowest BCUT2D eigenvalue weighted by Gasteiger charge is -2.23. The van der Waals surface area contributed by atoms with Gasteiger partial charge in [-0.1, -0.05) is 13.8 Å². The molecule has 2 rings (SSSR count). The summed E-state index contributed by atoms with van der Waals surface area (Å²) in [5.74, 6) is -1.66. The van der Waals surface area contributed by atoms with Gasteiger partial charge in [-0.05, 0) is 31.9 Å². The number of nitrogens with zero attached hydrogens (tertiary/aromatic N) is 1. The fourth-order valence-electron chi connectivity index (χ4n) is 2.68. The number of hydrogen-bond acceptors (Lipinski definition) is 6. The van der Waals surface area contributed by atoms with Gasteiger partial charge < -0.3 is 15.8 Å². The zero-order valence-corrected chi connectivity index (χ0v) is 15.0. The first kappa shape index (κ1) is 11.7. The SMILES string of the molecule is [2H]c1c(N)c(S(=O)(=O)CC)c([2H])c(C(=O)NCC2CCCN2C([2H])([2H])C([2H])([2H])[2H])c1OC. The van der Waals surface area contributed by atoms with Crippen molar-refractivity contribution in [2.45, 2.75) is 37.6 Å². The van der Waals surface area contributed by atoms with Gasteiger partial charge in [0.2, 0.25) is 0 Å². The molecule has 1 heterocycles. The first-order valence-electron chi connectivity index (χ1n) is 11.4. The van der Waals surface area contributed by atoms with E-state index in [0.717, 1.165) is 7.11 Å². The van der Waals surface area contributed by atoms with Crippen molar-refractivity contribution in [3.8, 4) is 5.75 Å². The molecular formula is C17H27N3O4S. The molecule has 1 amide bonds. The van der Waals surface area contributed by atoms with Crippen LogP contribution in [0.3, 0.4) is 0 Å².